The second-order valence-electron chi connectivity index (χ2n) is 5.35. The van der Waals surface area contributed by atoms with E-state index >= 15 is 0 Å². The molecule has 2 N–H and O–H groups in total. The van der Waals surface area contributed by atoms with E-state index < -0.39 is 0 Å². The number of aromatic amines is 1. The fourth-order valence-corrected chi connectivity index (χ4v) is 2.23. The summed E-state index contributed by atoms with van der Waals surface area (Å²) in [4.78, 5) is 25.7. The minimum absolute atomic E-state index is 0.0464. The van der Waals surface area contributed by atoms with Gasteiger partial charge < -0.3 is 10.2 Å². The number of carbonyl (C=O) groups excluding carboxylic acids is 2. The predicted octanol–water partition coefficient (Wildman–Crippen LogP) is 1.22. The Bertz CT molecular complexity index is 507. The van der Waals surface area contributed by atoms with Crippen LogP contribution in [0.5, 0.6) is 0 Å². The van der Waals surface area contributed by atoms with Gasteiger partial charge in [0.05, 0.1) is 5.92 Å². The van der Waals surface area contributed by atoms with Gasteiger partial charge in [-0.3, -0.25) is 14.7 Å². The van der Waals surface area contributed by atoms with Gasteiger partial charge in [0.2, 0.25) is 11.8 Å². The topological polar surface area (TPSA) is 78.1 Å². The molecule has 0 spiro atoms. The van der Waals surface area contributed by atoms with Crippen LogP contribution in [0.25, 0.3) is 0 Å². The van der Waals surface area contributed by atoms with Gasteiger partial charge in [-0.25, -0.2) is 0 Å². The molecule has 19 heavy (non-hydrogen) atoms. The average molecular weight is 264 g/mol. The Morgan fingerprint density at radius 2 is 2.16 bits per heavy atom. The minimum Gasteiger partial charge on any atom is -0.339 e. The van der Waals surface area contributed by atoms with Crippen LogP contribution in [0.3, 0.4) is 0 Å². The zero-order valence-corrected chi connectivity index (χ0v) is 11.8. The number of hydrogen-bond donors (Lipinski definition) is 2. The number of hydrogen-bond acceptors (Lipinski definition) is 3. The van der Waals surface area contributed by atoms with Gasteiger partial charge in [-0.2, -0.15) is 5.10 Å². The van der Waals surface area contributed by atoms with Crippen LogP contribution in [-0.2, 0) is 9.59 Å². The quantitative estimate of drug-likeness (QED) is 0.861. The summed E-state index contributed by atoms with van der Waals surface area (Å²) in [6, 6.07) is 0.139. The third-order valence-corrected chi connectivity index (χ3v) is 3.65. The maximum absolute atomic E-state index is 12.1. The molecule has 1 fully saturated rings. The van der Waals surface area contributed by atoms with E-state index in [9.17, 15) is 9.59 Å². The molecular formula is C13H20N4O2. The van der Waals surface area contributed by atoms with Gasteiger partial charge in [-0.15, -0.1) is 0 Å². The Morgan fingerprint density at radius 1 is 1.47 bits per heavy atom. The molecular weight excluding hydrogens is 244 g/mol. The average Bonchev–Trinajstić information content (AvgIpc) is 2.87. The van der Waals surface area contributed by atoms with E-state index in [1.54, 1.807) is 4.90 Å². The number of nitrogens with one attached hydrogen (secondary N) is 2. The standard InChI is InChI=1S/C13H20N4O2/c1-7(2)17-6-10(5-11(17)18)13(19)14-12-8(3)9(4)15-16-12/h7,10H,5-6H2,1-4H3,(H2,14,15,16,19). The fourth-order valence-electron chi connectivity index (χ4n) is 2.23. The monoisotopic (exact) mass is 264 g/mol. The number of anilines is 1. The molecule has 2 amide bonds. The predicted molar refractivity (Wildman–Crippen MR) is 71.6 cm³/mol. The van der Waals surface area contributed by atoms with Crippen molar-refractivity contribution < 1.29 is 9.59 Å². The second-order valence-corrected chi connectivity index (χ2v) is 5.35. The molecule has 2 rings (SSSR count). The van der Waals surface area contributed by atoms with Crippen LogP contribution in [0.15, 0.2) is 0 Å². The lowest BCUT2D eigenvalue weighted by Gasteiger charge is -2.20. The number of aryl methyl sites for hydroxylation is 1. The van der Waals surface area contributed by atoms with Gasteiger partial charge in [0.15, 0.2) is 5.82 Å². The number of carbonyl (C=O) groups is 2. The third-order valence-electron chi connectivity index (χ3n) is 3.65. The van der Waals surface area contributed by atoms with Crippen LogP contribution in [0.1, 0.15) is 31.5 Å². The highest BCUT2D eigenvalue weighted by atomic mass is 16.2. The Hall–Kier alpha value is -1.85. The highest BCUT2D eigenvalue weighted by molar-refractivity contribution is 5.97. The molecule has 6 nitrogen and oxygen atoms in total. The molecule has 0 aromatic carbocycles. The van der Waals surface area contributed by atoms with Gasteiger partial charge in [-0.1, -0.05) is 0 Å². The number of rotatable bonds is 3. The molecule has 0 aliphatic carbocycles. The second kappa shape index (κ2) is 5.03. The van der Waals surface area contributed by atoms with E-state index in [0.29, 0.717) is 12.4 Å². The van der Waals surface area contributed by atoms with Crippen molar-refractivity contribution in [2.75, 3.05) is 11.9 Å². The number of H-pyrrole nitrogens is 1. The SMILES string of the molecule is Cc1[nH]nc(NC(=O)C2CC(=O)N(C(C)C)C2)c1C. The summed E-state index contributed by atoms with van der Waals surface area (Å²) >= 11 is 0. The summed E-state index contributed by atoms with van der Waals surface area (Å²) in [6.45, 7) is 8.20. The molecule has 1 aliphatic heterocycles. The molecule has 1 unspecified atom stereocenters. The maximum atomic E-state index is 12.1. The van der Waals surface area contributed by atoms with Gasteiger partial charge in [0.1, 0.15) is 0 Å². The first-order valence-electron chi connectivity index (χ1n) is 6.52. The first-order chi connectivity index (χ1) is 8.90. The fraction of sp³-hybridized carbons (Fsp3) is 0.615. The Morgan fingerprint density at radius 3 is 2.63 bits per heavy atom. The molecule has 1 aromatic rings. The minimum atomic E-state index is -0.286. The van der Waals surface area contributed by atoms with Crippen LogP contribution in [0, 0.1) is 19.8 Å². The number of aromatic nitrogens is 2. The molecule has 1 saturated heterocycles. The van der Waals surface area contributed by atoms with E-state index in [1.807, 2.05) is 27.7 Å². The lowest BCUT2D eigenvalue weighted by molar-refractivity contribution is -0.129. The van der Waals surface area contributed by atoms with E-state index in [2.05, 4.69) is 15.5 Å². The molecule has 1 aliphatic rings. The van der Waals surface area contributed by atoms with E-state index in [1.165, 1.54) is 0 Å². The van der Waals surface area contributed by atoms with Crippen molar-refractivity contribution in [1.29, 1.82) is 0 Å². The normalized spacial score (nSPS) is 19.3. The summed E-state index contributed by atoms with van der Waals surface area (Å²) in [7, 11) is 0. The van der Waals surface area contributed by atoms with Crippen molar-refractivity contribution in [1.82, 2.24) is 15.1 Å². The number of nitrogens with zero attached hydrogens (tertiary/aromatic N) is 2. The molecule has 2 heterocycles. The number of amides is 2. The molecule has 0 saturated carbocycles. The van der Waals surface area contributed by atoms with Crippen molar-refractivity contribution in [3.8, 4) is 0 Å². The van der Waals surface area contributed by atoms with Crippen molar-refractivity contribution in [3.05, 3.63) is 11.3 Å². The van der Waals surface area contributed by atoms with Gasteiger partial charge in [0.25, 0.3) is 0 Å². The van der Waals surface area contributed by atoms with Crippen LogP contribution in [0.2, 0.25) is 0 Å². The highest BCUT2D eigenvalue weighted by Gasteiger charge is 2.35. The Balaban J connectivity index is 2.02. The lowest BCUT2D eigenvalue weighted by Crippen LogP contribution is -2.33. The molecule has 0 bridgehead atoms. The summed E-state index contributed by atoms with van der Waals surface area (Å²) in [5, 5.41) is 9.66. The third kappa shape index (κ3) is 2.62. The summed E-state index contributed by atoms with van der Waals surface area (Å²) < 4.78 is 0. The van der Waals surface area contributed by atoms with Gasteiger partial charge in [-0.05, 0) is 27.7 Å². The smallest absolute Gasteiger partial charge is 0.231 e. The zero-order chi connectivity index (χ0) is 14.2. The van der Waals surface area contributed by atoms with Crippen molar-refractivity contribution in [2.45, 2.75) is 40.2 Å². The molecule has 104 valence electrons. The highest BCUT2D eigenvalue weighted by Crippen LogP contribution is 2.22. The molecule has 1 atom stereocenters. The van der Waals surface area contributed by atoms with Crippen molar-refractivity contribution in [3.63, 3.8) is 0 Å². The zero-order valence-electron chi connectivity index (χ0n) is 11.8. The summed E-state index contributed by atoms with van der Waals surface area (Å²) in [5.74, 6) is 0.181. The van der Waals surface area contributed by atoms with Crippen LogP contribution in [0.4, 0.5) is 5.82 Å². The van der Waals surface area contributed by atoms with Crippen molar-refractivity contribution in [2.24, 2.45) is 5.92 Å². The van der Waals surface area contributed by atoms with Crippen LogP contribution >= 0.6 is 0 Å². The van der Waals surface area contributed by atoms with E-state index in [0.717, 1.165) is 11.3 Å². The van der Waals surface area contributed by atoms with E-state index in [4.69, 9.17) is 0 Å². The molecule has 0 radical (unpaired) electrons. The van der Waals surface area contributed by atoms with Crippen molar-refractivity contribution >= 4 is 17.6 Å². The van der Waals surface area contributed by atoms with Gasteiger partial charge in [0, 0.05) is 30.3 Å². The molecule has 6 heteroatoms. The van der Waals surface area contributed by atoms with Crippen LogP contribution in [-0.4, -0.2) is 39.5 Å². The first-order valence-corrected chi connectivity index (χ1v) is 6.52. The van der Waals surface area contributed by atoms with Gasteiger partial charge >= 0.3 is 0 Å². The lowest BCUT2D eigenvalue weighted by atomic mass is 10.1. The molecule has 1 aromatic heterocycles. The van der Waals surface area contributed by atoms with Crippen LogP contribution < -0.4 is 5.32 Å². The summed E-state index contributed by atoms with van der Waals surface area (Å²) in [5.41, 5.74) is 1.86. The Kier molecular flexibility index (Phi) is 3.59. The van der Waals surface area contributed by atoms with E-state index in [-0.39, 0.29) is 30.2 Å². The first kappa shape index (κ1) is 13.6. The number of likely N-dealkylation sites (tertiary alicyclic amines) is 1. The maximum Gasteiger partial charge on any atom is 0.231 e. The summed E-state index contributed by atoms with van der Waals surface area (Å²) in [6.07, 6.45) is 0.284. The largest absolute Gasteiger partial charge is 0.339 e. The Labute approximate surface area is 112 Å².